The minimum absolute atomic E-state index is 0.514. The standard InChI is InChI=1S/C6H8Cl2N2/c1-6(9)5(8)2-4(7)3-10-6/h2-3,10H,9H2,1H3. The maximum absolute atomic E-state index is 5.75. The van der Waals surface area contributed by atoms with E-state index in [1.54, 1.807) is 19.2 Å². The number of halogens is 2. The maximum Gasteiger partial charge on any atom is 0.120 e. The monoisotopic (exact) mass is 178 g/mol. The van der Waals surface area contributed by atoms with Gasteiger partial charge in [0.05, 0.1) is 10.1 Å². The molecule has 0 fully saturated rings. The second-order valence-electron chi connectivity index (χ2n) is 2.37. The van der Waals surface area contributed by atoms with Gasteiger partial charge in [0.2, 0.25) is 0 Å². The van der Waals surface area contributed by atoms with Gasteiger partial charge < -0.3 is 11.1 Å². The molecular weight excluding hydrogens is 171 g/mol. The van der Waals surface area contributed by atoms with Crippen LogP contribution in [0.5, 0.6) is 0 Å². The molecule has 0 aromatic rings. The van der Waals surface area contributed by atoms with Crippen molar-refractivity contribution in [1.82, 2.24) is 5.32 Å². The van der Waals surface area contributed by atoms with E-state index in [0.29, 0.717) is 10.1 Å². The lowest BCUT2D eigenvalue weighted by molar-refractivity contribution is 0.506. The summed E-state index contributed by atoms with van der Waals surface area (Å²) in [6.45, 7) is 1.77. The van der Waals surface area contributed by atoms with Crippen LogP contribution in [0.25, 0.3) is 0 Å². The predicted molar refractivity (Wildman–Crippen MR) is 43.6 cm³/mol. The van der Waals surface area contributed by atoms with Crippen molar-refractivity contribution in [2.75, 3.05) is 0 Å². The lowest BCUT2D eigenvalue weighted by Gasteiger charge is -2.27. The van der Waals surface area contributed by atoms with Crippen LogP contribution in [-0.4, -0.2) is 5.66 Å². The molecule has 4 heteroatoms. The van der Waals surface area contributed by atoms with Crippen LogP contribution in [0.3, 0.4) is 0 Å². The van der Waals surface area contributed by atoms with Gasteiger partial charge in [0.15, 0.2) is 0 Å². The van der Waals surface area contributed by atoms with E-state index in [-0.39, 0.29) is 0 Å². The van der Waals surface area contributed by atoms with Crippen molar-refractivity contribution in [2.24, 2.45) is 5.73 Å². The Morgan fingerprint density at radius 1 is 1.60 bits per heavy atom. The fraction of sp³-hybridized carbons (Fsp3) is 0.333. The van der Waals surface area contributed by atoms with Gasteiger partial charge in [-0.1, -0.05) is 23.2 Å². The van der Waals surface area contributed by atoms with Crippen LogP contribution in [0.15, 0.2) is 22.3 Å². The Morgan fingerprint density at radius 3 is 2.60 bits per heavy atom. The van der Waals surface area contributed by atoms with E-state index in [1.165, 1.54) is 0 Å². The molecule has 1 heterocycles. The van der Waals surface area contributed by atoms with Gasteiger partial charge in [0.1, 0.15) is 5.66 Å². The van der Waals surface area contributed by atoms with Crippen LogP contribution in [0.2, 0.25) is 0 Å². The van der Waals surface area contributed by atoms with Crippen LogP contribution < -0.4 is 11.1 Å². The van der Waals surface area contributed by atoms with E-state index in [1.807, 2.05) is 0 Å². The van der Waals surface area contributed by atoms with Gasteiger partial charge in [-0.3, -0.25) is 0 Å². The van der Waals surface area contributed by atoms with Gasteiger partial charge in [-0.2, -0.15) is 0 Å². The largest absolute Gasteiger partial charge is 0.368 e. The molecule has 1 aliphatic rings. The van der Waals surface area contributed by atoms with Crippen molar-refractivity contribution in [1.29, 1.82) is 0 Å². The highest BCUT2D eigenvalue weighted by Crippen LogP contribution is 2.22. The number of allylic oxidation sites excluding steroid dienone is 2. The zero-order valence-electron chi connectivity index (χ0n) is 5.49. The summed E-state index contributed by atoms with van der Waals surface area (Å²) >= 11 is 11.4. The van der Waals surface area contributed by atoms with E-state index < -0.39 is 5.66 Å². The Balaban J connectivity index is 2.88. The number of nitrogens with two attached hydrogens (primary N) is 1. The van der Waals surface area contributed by atoms with Crippen molar-refractivity contribution in [3.8, 4) is 0 Å². The molecule has 56 valence electrons. The van der Waals surface area contributed by atoms with E-state index >= 15 is 0 Å². The molecule has 0 aromatic heterocycles. The Morgan fingerprint density at radius 2 is 2.20 bits per heavy atom. The summed E-state index contributed by atoms with van der Waals surface area (Å²) in [4.78, 5) is 0. The number of dihydropyridines is 1. The number of hydrogen-bond donors (Lipinski definition) is 2. The van der Waals surface area contributed by atoms with Crippen LogP contribution >= 0.6 is 23.2 Å². The van der Waals surface area contributed by atoms with Crippen molar-refractivity contribution in [3.05, 3.63) is 22.3 Å². The first kappa shape index (κ1) is 7.92. The van der Waals surface area contributed by atoms with Gasteiger partial charge in [0, 0.05) is 6.20 Å². The number of nitrogens with one attached hydrogen (secondary N) is 1. The minimum atomic E-state index is -0.667. The Bertz CT molecular complexity index is 206. The van der Waals surface area contributed by atoms with Crippen molar-refractivity contribution >= 4 is 23.2 Å². The maximum atomic E-state index is 5.75. The topological polar surface area (TPSA) is 38.0 Å². The summed E-state index contributed by atoms with van der Waals surface area (Å²) in [6.07, 6.45) is 3.24. The van der Waals surface area contributed by atoms with Crippen LogP contribution in [0.1, 0.15) is 6.92 Å². The summed E-state index contributed by atoms with van der Waals surface area (Å²) in [5.41, 5.74) is 5.00. The molecule has 0 bridgehead atoms. The van der Waals surface area contributed by atoms with Crippen LogP contribution in [-0.2, 0) is 0 Å². The third-order valence-electron chi connectivity index (χ3n) is 1.27. The molecule has 1 atom stereocenters. The molecule has 1 rings (SSSR count). The lowest BCUT2D eigenvalue weighted by atomic mass is 10.1. The zero-order valence-corrected chi connectivity index (χ0v) is 7.00. The molecule has 1 unspecified atom stereocenters. The summed E-state index contributed by atoms with van der Waals surface area (Å²) in [5.74, 6) is 0. The van der Waals surface area contributed by atoms with E-state index in [2.05, 4.69) is 5.32 Å². The predicted octanol–water partition coefficient (Wildman–Crippen LogP) is 1.47. The minimum Gasteiger partial charge on any atom is -0.368 e. The summed E-state index contributed by atoms with van der Waals surface area (Å²) < 4.78 is 0. The molecule has 0 spiro atoms. The SMILES string of the molecule is CC1(N)NC=C(Cl)C=C1Cl. The molecule has 0 amide bonds. The highest BCUT2D eigenvalue weighted by Gasteiger charge is 2.23. The molecule has 1 aliphatic heterocycles. The third-order valence-corrected chi connectivity index (χ3v) is 1.99. The number of hydrogen-bond acceptors (Lipinski definition) is 2. The number of rotatable bonds is 0. The molecule has 10 heavy (non-hydrogen) atoms. The molecule has 3 N–H and O–H groups in total. The van der Waals surface area contributed by atoms with Gasteiger partial charge in [0.25, 0.3) is 0 Å². The van der Waals surface area contributed by atoms with Crippen molar-refractivity contribution < 1.29 is 0 Å². The molecule has 0 saturated heterocycles. The average Bonchev–Trinajstić information content (AvgIpc) is 1.81. The Kier molecular flexibility index (Phi) is 1.95. The van der Waals surface area contributed by atoms with Gasteiger partial charge in [-0.15, -0.1) is 0 Å². The van der Waals surface area contributed by atoms with Crippen molar-refractivity contribution in [2.45, 2.75) is 12.6 Å². The summed E-state index contributed by atoms with van der Waals surface area (Å²) in [5, 5.41) is 3.92. The first-order valence-electron chi connectivity index (χ1n) is 2.82. The van der Waals surface area contributed by atoms with Crippen LogP contribution in [0, 0.1) is 0 Å². The quantitative estimate of drug-likeness (QED) is 0.590. The molecule has 0 aliphatic carbocycles. The Labute approximate surface area is 69.7 Å². The second-order valence-corrected chi connectivity index (χ2v) is 3.21. The molecule has 0 saturated carbocycles. The lowest BCUT2D eigenvalue weighted by Crippen LogP contribution is -2.49. The van der Waals surface area contributed by atoms with E-state index in [4.69, 9.17) is 28.9 Å². The van der Waals surface area contributed by atoms with E-state index in [0.717, 1.165) is 0 Å². The average molecular weight is 179 g/mol. The second kappa shape index (κ2) is 2.46. The normalized spacial score (nSPS) is 32.4. The van der Waals surface area contributed by atoms with Crippen molar-refractivity contribution in [3.63, 3.8) is 0 Å². The molecular formula is C6H8Cl2N2. The highest BCUT2D eigenvalue weighted by molar-refractivity contribution is 6.35. The Hall–Kier alpha value is -0.180. The first-order valence-corrected chi connectivity index (χ1v) is 3.58. The van der Waals surface area contributed by atoms with E-state index in [9.17, 15) is 0 Å². The third kappa shape index (κ3) is 1.45. The zero-order chi connectivity index (χ0) is 7.78. The first-order chi connectivity index (χ1) is 4.52. The molecule has 0 aromatic carbocycles. The van der Waals surface area contributed by atoms with Gasteiger partial charge >= 0.3 is 0 Å². The highest BCUT2D eigenvalue weighted by atomic mass is 35.5. The fourth-order valence-corrected chi connectivity index (χ4v) is 0.992. The van der Waals surface area contributed by atoms with Gasteiger partial charge in [-0.05, 0) is 13.0 Å². The summed E-state index contributed by atoms with van der Waals surface area (Å²) in [6, 6.07) is 0. The van der Waals surface area contributed by atoms with Crippen LogP contribution in [0.4, 0.5) is 0 Å². The fourth-order valence-electron chi connectivity index (χ4n) is 0.600. The summed E-state index contributed by atoms with van der Waals surface area (Å²) in [7, 11) is 0. The van der Waals surface area contributed by atoms with Gasteiger partial charge in [-0.25, -0.2) is 0 Å². The molecule has 2 nitrogen and oxygen atoms in total. The smallest absolute Gasteiger partial charge is 0.120 e. The molecule has 0 radical (unpaired) electrons.